The summed E-state index contributed by atoms with van der Waals surface area (Å²) in [5.74, 6) is 1.01. The minimum Gasteiger partial charge on any atom is -0.317 e. The molecule has 2 heterocycles. The van der Waals surface area contributed by atoms with E-state index < -0.39 is 0 Å². The molecule has 2 nitrogen and oxygen atoms in total. The van der Waals surface area contributed by atoms with Gasteiger partial charge in [0, 0.05) is 6.04 Å². The van der Waals surface area contributed by atoms with Gasteiger partial charge in [-0.25, -0.2) is 0 Å². The summed E-state index contributed by atoms with van der Waals surface area (Å²) in [6, 6.07) is 0.900. The first kappa shape index (κ1) is 13.4. The summed E-state index contributed by atoms with van der Waals surface area (Å²) in [5.41, 5.74) is 0. The van der Waals surface area contributed by atoms with Crippen molar-refractivity contribution in [2.45, 2.75) is 64.3 Å². The van der Waals surface area contributed by atoms with Gasteiger partial charge in [-0.2, -0.15) is 0 Å². The lowest BCUT2D eigenvalue weighted by Crippen LogP contribution is -2.39. The standard InChI is InChI=1S/C15H30N2/c1-2-15-7-3-4-12-17(15)13-5-6-14-8-10-16-11-9-14/h14-16H,2-13H2,1H3. The van der Waals surface area contributed by atoms with Crippen LogP contribution in [0.1, 0.15) is 58.3 Å². The van der Waals surface area contributed by atoms with Crippen molar-refractivity contribution in [1.82, 2.24) is 10.2 Å². The molecule has 100 valence electrons. The summed E-state index contributed by atoms with van der Waals surface area (Å²) in [6.45, 7) is 7.60. The van der Waals surface area contributed by atoms with E-state index in [0.29, 0.717) is 0 Å². The lowest BCUT2D eigenvalue weighted by molar-refractivity contribution is 0.138. The zero-order valence-electron chi connectivity index (χ0n) is 11.6. The number of hydrogen-bond acceptors (Lipinski definition) is 2. The third kappa shape index (κ3) is 4.26. The molecule has 0 aromatic rings. The monoisotopic (exact) mass is 238 g/mol. The van der Waals surface area contributed by atoms with Crippen molar-refractivity contribution in [2.24, 2.45) is 5.92 Å². The molecule has 0 aromatic heterocycles. The Labute approximate surface area is 107 Å². The van der Waals surface area contributed by atoms with Gasteiger partial charge >= 0.3 is 0 Å². The summed E-state index contributed by atoms with van der Waals surface area (Å²) in [7, 11) is 0. The van der Waals surface area contributed by atoms with Crippen molar-refractivity contribution in [3.05, 3.63) is 0 Å². The van der Waals surface area contributed by atoms with E-state index in [1.54, 1.807) is 0 Å². The maximum atomic E-state index is 3.46. The van der Waals surface area contributed by atoms with Crippen molar-refractivity contribution in [3.63, 3.8) is 0 Å². The van der Waals surface area contributed by atoms with Crippen LogP contribution in [0.2, 0.25) is 0 Å². The maximum Gasteiger partial charge on any atom is 0.00926 e. The topological polar surface area (TPSA) is 15.3 Å². The first-order valence-electron chi connectivity index (χ1n) is 7.85. The molecule has 1 N–H and O–H groups in total. The highest BCUT2D eigenvalue weighted by Crippen LogP contribution is 2.22. The lowest BCUT2D eigenvalue weighted by Gasteiger charge is -2.35. The van der Waals surface area contributed by atoms with Gasteiger partial charge in [0.1, 0.15) is 0 Å². The van der Waals surface area contributed by atoms with Crippen LogP contribution in [0, 0.1) is 5.92 Å². The van der Waals surface area contributed by atoms with Crippen LogP contribution in [0.25, 0.3) is 0 Å². The van der Waals surface area contributed by atoms with Crippen molar-refractivity contribution >= 4 is 0 Å². The predicted molar refractivity (Wildman–Crippen MR) is 74.3 cm³/mol. The predicted octanol–water partition coefficient (Wildman–Crippen LogP) is 3.03. The maximum absolute atomic E-state index is 3.46. The number of nitrogens with zero attached hydrogens (tertiary/aromatic N) is 1. The van der Waals surface area contributed by atoms with Crippen molar-refractivity contribution < 1.29 is 0 Å². The van der Waals surface area contributed by atoms with E-state index in [-0.39, 0.29) is 0 Å². The highest BCUT2D eigenvalue weighted by Gasteiger charge is 2.20. The molecular formula is C15H30N2. The van der Waals surface area contributed by atoms with Gasteiger partial charge in [-0.05, 0) is 77.0 Å². The van der Waals surface area contributed by atoms with E-state index in [9.17, 15) is 0 Å². The minimum atomic E-state index is 0.900. The quantitative estimate of drug-likeness (QED) is 0.792. The fourth-order valence-corrected chi connectivity index (χ4v) is 3.57. The van der Waals surface area contributed by atoms with Crippen LogP contribution in [-0.2, 0) is 0 Å². The third-order valence-corrected chi connectivity index (χ3v) is 4.74. The van der Waals surface area contributed by atoms with Gasteiger partial charge in [-0.3, -0.25) is 0 Å². The summed E-state index contributed by atoms with van der Waals surface area (Å²) < 4.78 is 0. The average molecular weight is 238 g/mol. The molecule has 1 atom stereocenters. The summed E-state index contributed by atoms with van der Waals surface area (Å²) >= 11 is 0. The van der Waals surface area contributed by atoms with Gasteiger partial charge in [-0.1, -0.05) is 13.3 Å². The van der Waals surface area contributed by atoms with Gasteiger partial charge in [0.25, 0.3) is 0 Å². The Morgan fingerprint density at radius 1 is 1.12 bits per heavy atom. The van der Waals surface area contributed by atoms with E-state index in [2.05, 4.69) is 17.1 Å². The number of piperidine rings is 2. The molecule has 0 amide bonds. The molecule has 0 radical (unpaired) electrons. The Bertz CT molecular complexity index is 199. The van der Waals surface area contributed by atoms with Gasteiger partial charge in [0.15, 0.2) is 0 Å². The second-order valence-electron chi connectivity index (χ2n) is 5.93. The van der Waals surface area contributed by atoms with Crippen LogP contribution in [0.4, 0.5) is 0 Å². The van der Waals surface area contributed by atoms with Gasteiger partial charge in [-0.15, -0.1) is 0 Å². The van der Waals surface area contributed by atoms with Crippen LogP contribution in [0.3, 0.4) is 0 Å². The number of likely N-dealkylation sites (tertiary alicyclic amines) is 1. The average Bonchev–Trinajstić information content (AvgIpc) is 2.40. The van der Waals surface area contributed by atoms with E-state index >= 15 is 0 Å². The van der Waals surface area contributed by atoms with Gasteiger partial charge in [0.2, 0.25) is 0 Å². The first-order chi connectivity index (χ1) is 8.40. The Morgan fingerprint density at radius 2 is 1.94 bits per heavy atom. The highest BCUT2D eigenvalue weighted by atomic mass is 15.2. The number of nitrogens with one attached hydrogen (secondary N) is 1. The molecule has 17 heavy (non-hydrogen) atoms. The van der Waals surface area contributed by atoms with Crippen molar-refractivity contribution in [1.29, 1.82) is 0 Å². The smallest absolute Gasteiger partial charge is 0.00926 e. The summed E-state index contributed by atoms with van der Waals surface area (Å²) in [4.78, 5) is 2.77. The molecule has 0 aliphatic carbocycles. The largest absolute Gasteiger partial charge is 0.317 e. The van der Waals surface area contributed by atoms with Crippen LogP contribution in [-0.4, -0.2) is 37.1 Å². The van der Waals surface area contributed by atoms with E-state index in [1.807, 2.05) is 0 Å². The van der Waals surface area contributed by atoms with Crippen molar-refractivity contribution in [2.75, 3.05) is 26.2 Å². The van der Waals surface area contributed by atoms with Crippen LogP contribution >= 0.6 is 0 Å². The number of rotatable bonds is 5. The molecule has 2 saturated heterocycles. The molecule has 2 fully saturated rings. The minimum absolute atomic E-state index is 0.900. The van der Waals surface area contributed by atoms with Gasteiger partial charge in [0.05, 0.1) is 0 Å². The third-order valence-electron chi connectivity index (χ3n) is 4.74. The second-order valence-corrected chi connectivity index (χ2v) is 5.93. The molecular weight excluding hydrogens is 208 g/mol. The van der Waals surface area contributed by atoms with Crippen LogP contribution in [0.15, 0.2) is 0 Å². The molecule has 0 spiro atoms. The molecule has 2 aliphatic rings. The van der Waals surface area contributed by atoms with Crippen LogP contribution < -0.4 is 5.32 Å². The molecule has 2 rings (SSSR count). The fraction of sp³-hybridized carbons (Fsp3) is 1.00. The Hall–Kier alpha value is -0.0800. The van der Waals surface area contributed by atoms with Crippen molar-refractivity contribution in [3.8, 4) is 0 Å². The van der Waals surface area contributed by atoms with Crippen LogP contribution in [0.5, 0.6) is 0 Å². The van der Waals surface area contributed by atoms with E-state index in [4.69, 9.17) is 0 Å². The Balaban J connectivity index is 1.62. The zero-order chi connectivity index (χ0) is 11.9. The Morgan fingerprint density at radius 3 is 2.71 bits per heavy atom. The normalized spacial score (nSPS) is 28.4. The summed E-state index contributed by atoms with van der Waals surface area (Å²) in [6.07, 6.45) is 11.4. The fourth-order valence-electron chi connectivity index (χ4n) is 3.57. The zero-order valence-corrected chi connectivity index (χ0v) is 11.6. The lowest BCUT2D eigenvalue weighted by atomic mass is 9.92. The molecule has 0 bridgehead atoms. The summed E-state index contributed by atoms with van der Waals surface area (Å²) in [5, 5.41) is 3.46. The molecule has 0 aromatic carbocycles. The number of hydrogen-bond donors (Lipinski definition) is 1. The first-order valence-corrected chi connectivity index (χ1v) is 7.85. The highest BCUT2D eigenvalue weighted by molar-refractivity contribution is 4.76. The van der Waals surface area contributed by atoms with E-state index in [0.717, 1.165) is 12.0 Å². The molecule has 2 heteroatoms. The molecule has 2 aliphatic heterocycles. The SMILES string of the molecule is CCC1CCCCN1CCCC1CCNCC1. The molecule has 1 unspecified atom stereocenters. The van der Waals surface area contributed by atoms with Gasteiger partial charge < -0.3 is 10.2 Å². The van der Waals surface area contributed by atoms with E-state index in [1.165, 1.54) is 77.5 Å². The Kier molecular flexibility index (Phi) is 5.79. The second kappa shape index (κ2) is 7.38. The molecule has 0 saturated carbocycles.